The fraction of sp³-hybridized carbons (Fsp3) is 0.514. The first-order chi connectivity index (χ1) is 19.1. The van der Waals surface area contributed by atoms with E-state index in [9.17, 15) is 13.2 Å². The predicted molar refractivity (Wildman–Crippen MR) is 158 cm³/mol. The zero-order valence-corrected chi connectivity index (χ0v) is 24.8. The molecular formula is C35H42O4S. The minimum absolute atomic E-state index is 0.0703. The molecule has 4 aliphatic rings. The summed E-state index contributed by atoms with van der Waals surface area (Å²) in [6, 6.07) is 18.2. The van der Waals surface area contributed by atoms with Crippen LogP contribution in [-0.2, 0) is 14.6 Å². The molecule has 40 heavy (non-hydrogen) atoms. The van der Waals surface area contributed by atoms with Crippen LogP contribution in [0.2, 0.25) is 0 Å². The Morgan fingerprint density at radius 3 is 2.33 bits per heavy atom. The summed E-state index contributed by atoms with van der Waals surface area (Å²) in [5.74, 6) is 1.56. The molecule has 3 saturated carbocycles. The van der Waals surface area contributed by atoms with E-state index in [2.05, 4.69) is 32.9 Å². The summed E-state index contributed by atoms with van der Waals surface area (Å²) in [7, 11) is -3.30. The Labute approximate surface area is 239 Å². The van der Waals surface area contributed by atoms with Gasteiger partial charge in [0.2, 0.25) is 0 Å². The maximum absolute atomic E-state index is 13.2. The van der Waals surface area contributed by atoms with Crippen LogP contribution < -0.4 is 0 Å². The van der Waals surface area contributed by atoms with Crippen LogP contribution in [0.25, 0.3) is 0 Å². The van der Waals surface area contributed by atoms with E-state index in [1.54, 1.807) is 17.7 Å². The van der Waals surface area contributed by atoms with Gasteiger partial charge in [0.05, 0.1) is 16.2 Å². The molecule has 6 rings (SSSR count). The second kappa shape index (κ2) is 10.3. The van der Waals surface area contributed by atoms with Gasteiger partial charge < -0.3 is 4.74 Å². The van der Waals surface area contributed by atoms with Crippen LogP contribution in [-0.4, -0.2) is 26.2 Å². The molecule has 0 aromatic heterocycles. The molecule has 7 atom stereocenters. The first-order valence-electron chi connectivity index (χ1n) is 15.1. The highest BCUT2D eigenvalue weighted by atomic mass is 32.2. The number of esters is 1. The molecular weight excluding hydrogens is 516 g/mol. The lowest BCUT2D eigenvalue weighted by Crippen LogP contribution is -2.47. The molecule has 4 aliphatic carbocycles. The number of carbonyl (C=O) groups excluding carboxylic acids is 1. The van der Waals surface area contributed by atoms with E-state index >= 15 is 0 Å². The monoisotopic (exact) mass is 558 g/mol. The first-order valence-corrected chi connectivity index (χ1v) is 16.7. The molecule has 0 bridgehead atoms. The molecule has 2 aromatic rings. The first kappa shape index (κ1) is 27.5. The lowest BCUT2D eigenvalue weighted by Gasteiger charge is -2.55. The summed E-state index contributed by atoms with van der Waals surface area (Å²) < 4.78 is 32.4. The molecule has 0 N–H and O–H groups in total. The van der Waals surface area contributed by atoms with Gasteiger partial charge >= 0.3 is 5.97 Å². The van der Waals surface area contributed by atoms with Crippen LogP contribution in [0.4, 0.5) is 0 Å². The van der Waals surface area contributed by atoms with Crippen molar-refractivity contribution >= 4 is 15.8 Å². The number of carbonyl (C=O) groups is 1. The lowest BCUT2D eigenvalue weighted by molar-refractivity contribution is 0.00646. The Kier molecular flexibility index (Phi) is 7.09. The van der Waals surface area contributed by atoms with E-state index in [-0.39, 0.29) is 34.6 Å². The molecule has 5 heteroatoms. The minimum Gasteiger partial charge on any atom is -0.458 e. The van der Waals surface area contributed by atoms with E-state index in [0.29, 0.717) is 28.2 Å². The maximum Gasteiger partial charge on any atom is 0.338 e. The van der Waals surface area contributed by atoms with Gasteiger partial charge in [-0.2, -0.15) is 0 Å². The number of ether oxygens (including phenoxy) is 1. The van der Waals surface area contributed by atoms with Crippen LogP contribution in [0, 0.1) is 34.5 Å². The molecule has 0 saturated heterocycles. The smallest absolute Gasteiger partial charge is 0.338 e. The summed E-state index contributed by atoms with van der Waals surface area (Å²) in [5.41, 5.74) is 3.89. The summed E-state index contributed by atoms with van der Waals surface area (Å²) in [6.45, 7) is 7.05. The standard InChI is InChI=1S/C35H42O4S/c1-24(23-40(37,38)28-12-8-5-9-13-28)30-16-17-31-29-15-14-26-22-27(39-33(36)25-10-6-4-7-11-25)18-20-34(26,2)32(29)19-21-35(30,31)3/h4-15,24,27,30-32H,16-23H2,1-3H3/t24-,27+,30+,31-,32+,34-,35+/m1/s1. The van der Waals surface area contributed by atoms with E-state index in [4.69, 9.17) is 4.74 Å². The van der Waals surface area contributed by atoms with E-state index in [1.165, 1.54) is 5.57 Å². The topological polar surface area (TPSA) is 60.4 Å². The van der Waals surface area contributed by atoms with Gasteiger partial charge in [-0.15, -0.1) is 0 Å². The Morgan fingerprint density at radius 1 is 0.900 bits per heavy atom. The van der Waals surface area contributed by atoms with Crippen LogP contribution in [0.5, 0.6) is 0 Å². The third kappa shape index (κ3) is 4.68. The summed E-state index contributed by atoms with van der Waals surface area (Å²) in [4.78, 5) is 13.1. The number of benzene rings is 2. The number of hydrogen-bond acceptors (Lipinski definition) is 4. The quantitative estimate of drug-likeness (QED) is 0.339. The van der Waals surface area contributed by atoms with Crippen molar-refractivity contribution in [2.45, 2.75) is 76.7 Å². The molecule has 4 nitrogen and oxygen atoms in total. The van der Waals surface area contributed by atoms with Crippen molar-refractivity contribution in [3.63, 3.8) is 0 Å². The number of rotatable bonds is 6. The summed E-state index contributed by atoms with van der Waals surface area (Å²) in [6.07, 6.45) is 12.0. The highest BCUT2D eigenvalue weighted by Crippen LogP contribution is 2.66. The van der Waals surface area contributed by atoms with E-state index in [1.807, 2.05) is 48.5 Å². The van der Waals surface area contributed by atoms with Gasteiger partial charge in [-0.3, -0.25) is 0 Å². The van der Waals surface area contributed by atoms with Crippen molar-refractivity contribution in [1.82, 2.24) is 0 Å². The van der Waals surface area contributed by atoms with Crippen molar-refractivity contribution in [3.8, 4) is 0 Å². The summed E-state index contributed by atoms with van der Waals surface area (Å²) >= 11 is 0. The number of fused-ring (bicyclic) bond motifs is 5. The number of sulfone groups is 1. The predicted octanol–water partition coefficient (Wildman–Crippen LogP) is 7.82. The van der Waals surface area contributed by atoms with Gasteiger partial charge in [0.1, 0.15) is 6.10 Å². The molecule has 0 spiro atoms. The van der Waals surface area contributed by atoms with Gasteiger partial charge in [-0.25, -0.2) is 13.2 Å². The minimum atomic E-state index is -3.30. The van der Waals surface area contributed by atoms with Crippen LogP contribution in [0.1, 0.15) is 76.1 Å². The Morgan fingerprint density at radius 2 is 1.60 bits per heavy atom. The SMILES string of the molecule is C[C@H](CS(=O)(=O)c1ccccc1)[C@@H]1CC[C@@H]2C3=CC=C4C[C@@H](OC(=O)c5ccccc5)CC[C@@]4(C)[C@H]3CC[C@]21C. The molecule has 0 unspecified atom stereocenters. The third-order valence-corrected chi connectivity index (χ3v) is 13.1. The second-order valence-electron chi connectivity index (χ2n) is 13.3. The molecule has 2 aromatic carbocycles. The Hall–Kier alpha value is -2.66. The van der Waals surface area contributed by atoms with E-state index in [0.717, 1.165) is 44.9 Å². The second-order valence-corrected chi connectivity index (χ2v) is 15.4. The van der Waals surface area contributed by atoms with Crippen molar-refractivity contribution < 1.29 is 17.9 Å². The Bertz CT molecular complexity index is 1430. The largest absolute Gasteiger partial charge is 0.458 e. The molecule has 0 amide bonds. The third-order valence-electron chi connectivity index (χ3n) is 11.2. The van der Waals surface area contributed by atoms with Crippen molar-refractivity contribution in [2.24, 2.45) is 34.5 Å². The molecule has 3 fully saturated rings. The number of hydrogen-bond donors (Lipinski definition) is 0. The average Bonchev–Trinajstić information content (AvgIpc) is 3.31. The van der Waals surface area contributed by atoms with Gasteiger partial charge in [-0.05, 0) is 97.3 Å². The van der Waals surface area contributed by atoms with Crippen LogP contribution in [0.3, 0.4) is 0 Å². The van der Waals surface area contributed by atoms with Gasteiger partial charge in [0.15, 0.2) is 9.84 Å². The average molecular weight is 559 g/mol. The van der Waals surface area contributed by atoms with Gasteiger partial charge in [0.25, 0.3) is 0 Å². The van der Waals surface area contributed by atoms with Gasteiger partial charge in [0, 0.05) is 6.42 Å². The number of allylic oxidation sites excluding steroid dienone is 3. The normalized spacial score (nSPS) is 34.0. The highest BCUT2D eigenvalue weighted by Gasteiger charge is 2.57. The molecule has 0 radical (unpaired) electrons. The summed E-state index contributed by atoms with van der Waals surface area (Å²) in [5, 5.41) is 0. The van der Waals surface area contributed by atoms with Crippen molar-refractivity contribution in [2.75, 3.05) is 5.75 Å². The van der Waals surface area contributed by atoms with Crippen molar-refractivity contribution in [3.05, 3.63) is 89.5 Å². The lowest BCUT2D eigenvalue weighted by atomic mass is 9.50. The maximum atomic E-state index is 13.2. The molecule has 0 aliphatic heterocycles. The van der Waals surface area contributed by atoms with Crippen molar-refractivity contribution in [1.29, 1.82) is 0 Å². The van der Waals surface area contributed by atoms with Crippen LogP contribution in [0.15, 0.2) is 88.9 Å². The van der Waals surface area contributed by atoms with Gasteiger partial charge in [-0.1, -0.05) is 80.5 Å². The zero-order chi connectivity index (χ0) is 28.1. The van der Waals surface area contributed by atoms with Crippen LogP contribution >= 0.6 is 0 Å². The fourth-order valence-corrected chi connectivity index (χ4v) is 10.7. The molecule has 0 heterocycles. The Balaban J connectivity index is 1.18. The highest BCUT2D eigenvalue weighted by molar-refractivity contribution is 7.91. The zero-order valence-electron chi connectivity index (χ0n) is 24.0. The fourth-order valence-electron chi connectivity index (χ4n) is 9.02. The van der Waals surface area contributed by atoms with E-state index < -0.39 is 9.84 Å². The molecule has 212 valence electrons.